The summed E-state index contributed by atoms with van der Waals surface area (Å²) >= 11 is 0. The minimum absolute atomic E-state index is 0.0167. The van der Waals surface area contributed by atoms with E-state index < -0.39 is 5.92 Å². The first-order valence-corrected chi connectivity index (χ1v) is 9.38. The SMILES string of the molecule is Cn1nc(C2CC(F)(F)C2)c(C2CCC2)c1NC(=O)NC12CC(C1)C2. The number of nitrogens with one attached hydrogen (secondary N) is 2. The van der Waals surface area contributed by atoms with Crippen molar-refractivity contribution < 1.29 is 13.6 Å². The lowest BCUT2D eigenvalue weighted by atomic mass is 9.50. The van der Waals surface area contributed by atoms with Gasteiger partial charge in [0.2, 0.25) is 5.92 Å². The van der Waals surface area contributed by atoms with Crippen molar-refractivity contribution in [3.63, 3.8) is 0 Å². The van der Waals surface area contributed by atoms with Crippen LogP contribution in [-0.4, -0.2) is 27.3 Å². The molecule has 0 radical (unpaired) electrons. The molecular formula is C18H24F2N4O. The summed E-state index contributed by atoms with van der Waals surface area (Å²) in [6.07, 6.45) is 6.25. The van der Waals surface area contributed by atoms with E-state index in [1.54, 1.807) is 11.7 Å². The fourth-order valence-corrected chi connectivity index (χ4v) is 4.98. The largest absolute Gasteiger partial charge is 0.332 e. The predicted octanol–water partition coefficient (Wildman–Crippen LogP) is 3.87. The van der Waals surface area contributed by atoms with Gasteiger partial charge in [-0.15, -0.1) is 0 Å². The Morgan fingerprint density at radius 1 is 1.16 bits per heavy atom. The number of rotatable bonds is 4. The van der Waals surface area contributed by atoms with Gasteiger partial charge in [0.25, 0.3) is 0 Å². The molecule has 1 aromatic heterocycles. The zero-order valence-corrected chi connectivity index (χ0v) is 14.4. The molecule has 5 aliphatic carbocycles. The number of hydrogen-bond acceptors (Lipinski definition) is 2. The molecule has 5 saturated carbocycles. The number of alkyl halides is 2. The minimum atomic E-state index is -2.56. The van der Waals surface area contributed by atoms with Crippen LogP contribution in [0.4, 0.5) is 19.4 Å². The number of nitrogens with zero attached hydrogens (tertiary/aromatic N) is 2. The molecule has 0 aromatic carbocycles. The molecule has 25 heavy (non-hydrogen) atoms. The molecule has 136 valence electrons. The van der Waals surface area contributed by atoms with Gasteiger partial charge < -0.3 is 5.32 Å². The first-order valence-electron chi connectivity index (χ1n) is 9.38. The number of halogens is 2. The van der Waals surface area contributed by atoms with Crippen LogP contribution >= 0.6 is 0 Å². The highest BCUT2D eigenvalue weighted by Gasteiger charge is 2.57. The molecule has 1 aromatic rings. The third-order valence-corrected chi connectivity index (χ3v) is 6.75. The smallest absolute Gasteiger partial charge is 0.320 e. The van der Waals surface area contributed by atoms with Gasteiger partial charge in [-0.05, 0) is 43.9 Å². The maximum Gasteiger partial charge on any atom is 0.320 e. The van der Waals surface area contributed by atoms with Gasteiger partial charge in [0, 0.05) is 36.9 Å². The summed E-state index contributed by atoms with van der Waals surface area (Å²) in [6, 6.07) is -0.188. The Morgan fingerprint density at radius 2 is 1.84 bits per heavy atom. The number of urea groups is 1. The summed E-state index contributed by atoms with van der Waals surface area (Å²) in [5, 5.41) is 10.6. The van der Waals surface area contributed by atoms with Crippen molar-refractivity contribution >= 4 is 11.8 Å². The molecule has 5 fully saturated rings. The van der Waals surface area contributed by atoms with Crippen LogP contribution in [0.3, 0.4) is 0 Å². The molecule has 0 unspecified atom stereocenters. The molecule has 0 spiro atoms. The van der Waals surface area contributed by atoms with Gasteiger partial charge in [-0.3, -0.25) is 10.00 Å². The number of carbonyl (C=O) groups is 1. The number of carbonyl (C=O) groups excluding carboxylic acids is 1. The van der Waals surface area contributed by atoms with Crippen LogP contribution in [-0.2, 0) is 7.05 Å². The van der Waals surface area contributed by atoms with Crippen molar-refractivity contribution in [3.05, 3.63) is 11.3 Å². The topological polar surface area (TPSA) is 59.0 Å². The van der Waals surface area contributed by atoms with Gasteiger partial charge in [-0.2, -0.15) is 5.10 Å². The standard InChI is InChI=1S/C18H24F2N4O/c1-24-15(21-16(25)22-17-5-10(6-17)7-17)13(11-3-2-4-11)14(23-24)12-8-18(19,20)9-12/h10-12H,2-9H2,1H3,(H2,21,22,25). The summed E-state index contributed by atoms with van der Waals surface area (Å²) in [6.45, 7) is 0. The van der Waals surface area contributed by atoms with Gasteiger partial charge >= 0.3 is 6.03 Å². The average Bonchev–Trinajstić information content (AvgIpc) is 2.66. The second-order valence-electron chi connectivity index (χ2n) is 8.70. The van der Waals surface area contributed by atoms with Crippen molar-refractivity contribution in [2.24, 2.45) is 13.0 Å². The van der Waals surface area contributed by atoms with Crippen molar-refractivity contribution in [1.82, 2.24) is 15.1 Å². The maximum atomic E-state index is 13.3. The third-order valence-electron chi connectivity index (χ3n) is 6.75. The molecule has 7 heteroatoms. The van der Waals surface area contributed by atoms with E-state index in [-0.39, 0.29) is 30.3 Å². The van der Waals surface area contributed by atoms with Crippen molar-refractivity contribution in [2.45, 2.75) is 74.7 Å². The lowest BCUT2D eigenvalue weighted by molar-refractivity contribution is -0.0879. The van der Waals surface area contributed by atoms with E-state index >= 15 is 0 Å². The normalized spacial score (nSPS) is 32.8. The number of aromatic nitrogens is 2. The Labute approximate surface area is 145 Å². The summed E-state index contributed by atoms with van der Waals surface area (Å²) in [5.74, 6) is -0.918. The predicted molar refractivity (Wildman–Crippen MR) is 88.9 cm³/mol. The molecule has 2 N–H and O–H groups in total. The maximum absolute atomic E-state index is 13.3. The molecule has 5 nitrogen and oxygen atoms in total. The minimum Gasteiger partial charge on any atom is -0.332 e. The third kappa shape index (κ3) is 2.38. The van der Waals surface area contributed by atoms with Crippen molar-refractivity contribution in [1.29, 1.82) is 0 Å². The van der Waals surface area contributed by atoms with E-state index in [0.29, 0.717) is 11.7 Å². The molecule has 0 aliphatic heterocycles. The molecular weight excluding hydrogens is 326 g/mol. The Morgan fingerprint density at radius 3 is 2.32 bits per heavy atom. The Bertz CT molecular complexity index is 715. The van der Waals surface area contributed by atoms with Crippen LogP contribution in [0, 0.1) is 5.92 Å². The molecule has 5 aliphatic rings. The van der Waals surface area contributed by atoms with Gasteiger partial charge in [-0.1, -0.05) is 6.42 Å². The average molecular weight is 350 g/mol. The summed E-state index contributed by atoms with van der Waals surface area (Å²) in [7, 11) is 1.79. The van der Waals surface area contributed by atoms with E-state index in [1.165, 1.54) is 0 Å². The van der Waals surface area contributed by atoms with Crippen molar-refractivity contribution in [2.75, 3.05) is 5.32 Å². The van der Waals surface area contributed by atoms with Crippen LogP contribution in [0.2, 0.25) is 0 Å². The highest BCUT2D eigenvalue weighted by molar-refractivity contribution is 5.90. The first kappa shape index (κ1) is 15.6. The number of amides is 2. The lowest BCUT2D eigenvalue weighted by Crippen LogP contribution is -2.68. The monoisotopic (exact) mass is 350 g/mol. The fraction of sp³-hybridized carbons (Fsp3) is 0.778. The van der Waals surface area contributed by atoms with Crippen LogP contribution in [0.25, 0.3) is 0 Å². The molecule has 0 atom stereocenters. The summed E-state index contributed by atoms with van der Waals surface area (Å²) < 4.78 is 28.4. The van der Waals surface area contributed by atoms with Crippen LogP contribution in [0.1, 0.15) is 74.5 Å². The zero-order valence-electron chi connectivity index (χ0n) is 14.4. The lowest BCUT2D eigenvalue weighted by Gasteiger charge is -2.61. The Hall–Kier alpha value is -1.66. The van der Waals surface area contributed by atoms with Crippen molar-refractivity contribution in [3.8, 4) is 0 Å². The summed E-state index contributed by atoms with van der Waals surface area (Å²) in [5.41, 5.74) is 1.80. The van der Waals surface area contributed by atoms with Gasteiger partial charge in [-0.25, -0.2) is 13.6 Å². The second-order valence-corrected chi connectivity index (χ2v) is 8.70. The van der Waals surface area contributed by atoms with E-state index in [9.17, 15) is 13.6 Å². The molecule has 2 bridgehead atoms. The zero-order chi connectivity index (χ0) is 17.4. The molecule has 2 amide bonds. The quantitative estimate of drug-likeness (QED) is 0.866. The van der Waals surface area contributed by atoms with Gasteiger partial charge in [0.05, 0.1) is 5.69 Å². The second kappa shape index (κ2) is 4.95. The number of anilines is 1. The summed E-state index contributed by atoms with van der Waals surface area (Å²) in [4.78, 5) is 12.5. The van der Waals surface area contributed by atoms with E-state index in [4.69, 9.17) is 0 Å². The van der Waals surface area contributed by atoms with Crippen LogP contribution in [0.5, 0.6) is 0 Å². The number of aryl methyl sites for hydroxylation is 1. The van der Waals surface area contributed by atoms with E-state index in [1.807, 2.05) is 0 Å². The number of hydrogen-bond donors (Lipinski definition) is 2. The Kier molecular flexibility index (Phi) is 3.08. The van der Waals surface area contributed by atoms with E-state index in [2.05, 4.69) is 15.7 Å². The molecule has 6 rings (SSSR count). The Balaban J connectivity index is 1.38. The fourth-order valence-electron chi connectivity index (χ4n) is 4.98. The van der Waals surface area contributed by atoms with Crippen LogP contribution < -0.4 is 10.6 Å². The van der Waals surface area contributed by atoms with Crippen LogP contribution in [0.15, 0.2) is 0 Å². The van der Waals surface area contributed by atoms with Gasteiger partial charge in [0.1, 0.15) is 5.82 Å². The first-order chi connectivity index (χ1) is 11.8. The molecule has 0 saturated heterocycles. The van der Waals surface area contributed by atoms with Gasteiger partial charge in [0.15, 0.2) is 0 Å². The molecule has 1 heterocycles. The highest BCUT2D eigenvalue weighted by Crippen LogP contribution is 2.57. The highest BCUT2D eigenvalue weighted by atomic mass is 19.3. The van der Waals surface area contributed by atoms with E-state index in [0.717, 1.165) is 55.7 Å².